The Hall–Kier alpha value is -2.68. The fourth-order valence-electron chi connectivity index (χ4n) is 3.68. The van der Waals surface area contributed by atoms with E-state index in [1.165, 1.54) is 6.07 Å². The molecular formula is C19H25N5O3S. The van der Waals surface area contributed by atoms with Crippen LogP contribution < -0.4 is 14.9 Å². The summed E-state index contributed by atoms with van der Waals surface area (Å²) < 4.78 is 27.4. The molecule has 1 saturated heterocycles. The minimum atomic E-state index is -4.12. The maximum absolute atomic E-state index is 12.9. The summed E-state index contributed by atoms with van der Waals surface area (Å²) in [4.78, 5) is 23.3. The fourth-order valence-corrected chi connectivity index (χ4v) is 4.62. The van der Waals surface area contributed by atoms with Crippen molar-refractivity contribution in [1.82, 2.24) is 14.7 Å². The first-order valence-corrected chi connectivity index (χ1v) is 10.6. The zero-order valence-electron chi connectivity index (χ0n) is 16.4. The van der Waals surface area contributed by atoms with Gasteiger partial charge >= 0.3 is 0 Å². The number of hydrogen-bond acceptors (Lipinski definition) is 7. The van der Waals surface area contributed by atoms with Crippen LogP contribution in [0.5, 0.6) is 0 Å². The highest BCUT2D eigenvalue weighted by atomic mass is 32.2. The van der Waals surface area contributed by atoms with Crippen LogP contribution in [-0.4, -0.2) is 43.4 Å². The van der Waals surface area contributed by atoms with E-state index >= 15 is 0 Å². The van der Waals surface area contributed by atoms with Gasteiger partial charge in [0.05, 0.1) is 5.56 Å². The second-order valence-electron chi connectivity index (χ2n) is 7.65. The van der Waals surface area contributed by atoms with E-state index < -0.39 is 15.9 Å². The van der Waals surface area contributed by atoms with Crippen molar-refractivity contribution in [3.63, 3.8) is 0 Å². The zero-order chi connectivity index (χ0) is 20.5. The summed E-state index contributed by atoms with van der Waals surface area (Å²) in [6.45, 7) is 7.09. The number of hydrogen-bond donors (Lipinski definition) is 2. The van der Waals surface area contributed by atoms with E-state index in [1.807, 2.05) is 0 Å². The normalized spacial score (nSPS) is 18.7. The van der Waals surface area contributed by atoms with E-state index in [4.69, 9.17) is 0 Å². The van der Waals surface area contributed by atoms with Crippen LogP contribution in [0.25, 0.3) is 0 Å². The molecule has 3 rings (SSSR count). The molecule has 1 unspecified atom stereocenters. The van der Waals surface area contributed by atoms with Crippen LogP contribution in [0.4, 0.5) is 11.6 Å². The van der Waals surface area contributed by atoms with E-state index in [1.54, 1.807) is 37.5 Å². The van der Waals surface area contributed by atoms with Gasteiger partial charge in [0.1, 0.15) is 11.6 Å². The molecule has 150 valence electrons. The first-order valence-electron chi connectivity index (χ1n) is 9.08. The van der Waals surface area contributed by atoms with Gasteiger partial charge in [0.2, 0.25) is 0 Å². The lowest BCUT2D eigenvalue weighted by Crippen LogP contribution is -2.41. The molecule has 3 heterocycles. The van der Waals surface area contributed by atoms with Crippen molar-refractivity contribution in [3.8, 4) is 0 Å². The SMILES string of the molecule is CNc1cccc(S(=O)(=O)NC(=O)c2cccnc2N2CC(C)CC2(C)C)n1. The molecule has 1 aliphatic rings. The number of sulfonamides is 1. The van der Waals surface area contributed by atoms with Gasteiger partial charge in [-0.15, -0.1) is 0 Å². The van der Waals surface area contributed by atoms with Crippen molar-refractivity contribution in [2.45, 2.75) is 37.8 Å². The smallest absolute Gasteiger partial charge is 0.281 e. The zero-order valence-corrected chi connectivity index (χ0v) is 17.2. The van der Waals surface area contributed by atoms with Crippen LogP contribution in [0.2, 0.25) is 0 Å². The Morgan fingerprint density at radius 3 is 2.64 bits per heavy atom. The van der Waals surface area contributed by atoms with Gasteiger partial charge in [0.15, 0.2) is 5.03 Å². The summed E-state index contributed by atoms with van der Waals surface area (Å²) in [7, 11) is -2.48. The van der Waals surface area contributed by atoms with Crippen LogP contribution >= 0.6 is 0 Å². The molecule has 1 atom stereocenters. The van der Waals surface area contributed by atoms with Gasteiger partial charge in [-0.1, -0.05) is 13.0 Å². The number of nitrogens with one attached hydrogen (secondary N) is 2. The second-order valence-corrected chi connectivity index (χ2v) is 9.28. The summed E-state index contributed by atoms with van der Waals surface area (Å²) in [6, 6.07) is 7.74. The molecule has 28 heavy (non-hydrogen) atoms. The number of rotatable bonds is 5. The number of amides is 1. The van der Waals surface area contributed by atoms with Crippen LogP contribution in [-0.2, 0) is 10.0 Å². The highest BCUT2D eigenvalue weighted by Crippen LogP contribution is 2.37. The topological polar surface area (TPSA) is 104 Å². The van der Waals surface area contributed by atoms with E-state index in [0.29, 0.717) is 17.6 Å². The number of carbonyl (C=O) groups is 1. The van der Waals surface area contributed by atoms with E-state index in [-0.39, 0.29) is 16.1 Å². The molecule has 0 aliphatic carbocycles. The summed E-state index contributed by atoms with van der Waals surface area (Å²) >= 11 is 0. The van der Waals surface area contributed by atoms with Crippen molar-refractivity contribution in [2.75, 3.05) is 23.8 Å². The third-order valence-corrected chi connectivity index (χ3v) is 6.07. The molecule has 0 saturated carbocycles. The van der Waals surface area contributed by atoms with Gasteiger partial charge in [-0.3, -0.25) is 4.79 Å². The van der Waals surface area contributed by atoms with E-state index in [9.17, 15) is 13.2 Å². The summed E-state index contributed by atoms with van der Waals surface area (Å²) in [5.41, 5.74) is 0.0442. The first kappa shape index (κ1) is 20.1. The van der Waals surface area contributed by atoms with Crippen LogP contribution in [0.3, 0.4) is 0 Å². The number of anilines is 2. The maximum atomic E-state index is 12.9. The van der Waals surface area contributed by atoms with Crippen molar-refractivity contribution < 1.29 is 13.2 Å². The summed E-state index contributed by atoms with van der Waals surface area (Å²) in [5.74, 6) is 0.604. The molecule has 9 heteroatoms. The Bertz CT molecular complexity index is 991. The highest BCUT2D eigenvalue weighted by Gasteiger charge is 2.39. The Balaban J connectivity index is 1.92. The van der Waals surface area contributed by atoms with Gasteiger partial charge < -0.3 is 10.2 Å². The van der Waals surface area contributed by atoms with Gasteiger partial charge in [0, 0.05) is 25.3 Å². The van der Waals surface area contributed by atoms with Gasteiger partial charge in [-0.2, -0.15) is 8.42 Å². The molecule has 0 aromatic carbocycles. The lowest BCUT2D eigenvalue weighted by atomic mass is 9.97. The fraction of sp³-hybridized carbons (Fsp3) is 0.421. The van der Waals surface area contributed by atoms with E-state index in [2.05, 4.69) is 45.7 Å². The van der Waals surface area contributed by atoms with Crippen molar-refractivity contribution in [1.29, 1.82) is 0 Å². The molecule has 1 amide bonds. The first-order chi connectivity index (χ1) is 13.1. The van der Waals surface area contributed by atoms with Crippen LogP contribution in [0, 0.1) is 5.92 Å². The quantitative estimate of drug-likeness (QED) is 0.789. The van der Waals surface area contributed by atoms with E-state index in [0.717, 1.165) is 13.0 Å². The van der Waals surface area contributed by atoms with Gasteiger partial charge in [-0.05, 0) is 50.5 Å². The Morgan fingerprint density at radius 2 is 2.00 bits per heavy atom. The molecule has 8 nitrogen and oxygen atoms in total. The Labute approximate surface area is 165 Å². The summed E-state index contributed by atoms with van der Waals surface area (Å²) in [6.07, 6.45) is 2.57. The average molecular weight is 404 g/mol. The van der Waals surface area contributed by atoms with Crippen LogP contribution in [0.15, 0.2) is 41.6 Å². The summed E-state index contributed by atoms with van der Waals surface area (Å²) in [5, 5.41) is 2.55. The predicted octanol–water partition coefficient (Wildman–Crippen LogP) is 2.26. The molecule has 0 bridgehead atoms. The van der Waals surface area contributed by atoms with Crippen molar-refractivity contribution in [2.24, 2.45) is 5.92 Å². The van der Waals surface area contributed by atoms with Crippen LogP contribution in [0.1, 0.15) is 37.6 Å². The molecule has 0 spiro atoms. The third kappa shape index (κ3) is 3.94. The monoisotopic (exact) mass is 403 g/mol. The largest absolute Gasteiger partial charge is 0.373 e. The predicted molar refractivity (Wildman–Crippen MR) is 108 cm³/mol. The molecule has 1 aliphatic heterocycles. The number of carbonyl (C=O) groups excluding carboxylic acids is 1. The van der Waals surface area contributed by atoms with Crippen molar-refractivity contribution >= 4 is 27.6 Å². The standard InChI is InChI=1S/C19H25N5O3S/c1-13-11-19(2,3)24(12-13)17-14(7-6-10-21-17)18(25)23-28(26,27)16-9-5-8-15(20-4)22-16/h5-10,13H,11-12H2,1-4H3,(H,20,22)(H,23,25). The number of aromatic nitrogens is 2. The lowest BCUT2D eigenvalue weighted by molar-refractivity contribution is 0.0981. The molecule has 2 N–H and O–H groups in total. The highest BCUT2D eigenvalue weighted by molar-refractivity contribution is 7.90. The Kier molecular flexibility index (Phi) is 5.29. The molecule has 1 fully saturated rings. The number of pyridine rings is 2. The molecule has 0 radical (unpaired) electrons. The lowest BCUT2D eigenvalue weighted by Gasteiger charge is -2.33. The number of nitrogens with zero attached hydrogens (tertiary/aromatic N) is 3. The molecule has 2 aromatic heterocycles. The Morgan fingerprint density at radius 1 is 1.25 bits per heavy atom. The third-order valence-electron chi connectivity index (χ3n) is 4.84. The minimum Gasteiger partial charge on any atom is -0.373 e. The van der Waals surface area contributed by atoms with Gasteiger partial charge in [-0.25, -0.2) is 14.7 Å². The van der Waals surface area contributed by atoms with Crippen molar-refractivity contribution in [3.05, 3.63) is 42.1 Å². The maximum Gasteiger partial charge on any atom is 0.281 e. The average Bonchev–Trinajstić information content (AvgIpc) is 2.93. The van der Waals surface area contributed by atoms with Gasteiger partial charge in [0.25, 0.3) is 15.9 Å². The molecule has 2 aromatic rings. The minimum absolute atomic E-state index is 0.176. The molecular weight excluding hydrogens is 378 g/mol. The second kappa shape index (κ2) is 7.38.